The predicted molar refractivity (Wildman–Crippen MR) is 171 cm³/mol. The van der Waals surface area contributed by atoms with Crippen LogP contribution in [0, 0.1) is 5.82 Å². The van der Waals surface area contributed by atoms with Gasteiger partial charge in [0, 0.05) is 5.56 Å². The molecule has 1 aromatic heterocycles. The topological polar surface area (TPSA) is 48.4 Å². The van der Waals surface area contributed by atoms with E-state index >= 15 is 0 Å². The van der Waals surface area contributed by atoms with Crippen LogP contribution in [-0.2, 0) is 6.42 Å². The van der Waals surface area contributed by atoms with Crippen molar-refractivity contribution in [3.63, 3.8) is 0 Å². The Balaban J connectivity index is 1.39. The van der Waals surface area contributed by atoms with E-state index in [0.717, 1.165) is 54.9 Å². The number of rotatable bonds is 21. The van der Waals surface area contributed by atoms with E-state index in [1.807, 2.05) is 30.3 Å². The number of aromatic nitrogens is 1. The fourth-order valence-electron chi connectivity index (χ4n) is 5.09. The smallest absolute Gasteiger partial charge is 0.346 e. The third kappa shape index (κ3) is 12.3. The van der Waals surface area contributed by atoms with Gasteiger partial charge < -0.3 is 9.47 Å². The summed E-state index contributed by atoms with van der Waals surface area (Å²) in [6.45, 7) is 5.20. The van der Waals surface area contributed by atoms with Gasteiger partial charge in [-0.15, -0.1) is 0 Å². The molecule has 0 N–H and O–H groups in total. The average molecular weight is 576 g/mol. The molecular formula is C37H50FNO3. The van der Waals surface area contributed by atoms with E-state index in [1.165, 1.54) is 95.4 Å². The number of ether oxygens (including phenoxy) is 2. The Labute approximate surface area is 253 Å². The Bertz CT molecular complexity index is 1160. The highest BCUT2D eigenvalue weighted by Gasteiger charge is 2.15. The first-order valence-corrected chi connectivity index (χ1v) is 16.3. The normalized spacial score (nSPS) is 11.0. The molecule has 1 heterocycles. The molecule has 0 amide bonds. The Morgan fingerprint density at radius 1 is 0.690 bits per heavy atom. The Kier molecular flexibility index (Phi) is 15.7. The summed E-state index contributed by atoms with van der Waals surface area (Å²) in [6.07, 6.45) is 21.0. The lowest BCUT2D eigenvalue weighted by atomic mass is 10.0. The molecule has 228 valence electrons. The van der Waals surface area contributed by atoms with E-state index in [1.54, 1.807) is 12.1 Å². The van der Waals surface area contributed by atoms with E-state index in [-0.39, 0.29) is 11.3 Å². The van der Waals surface area contributed by atoms with Gasteiger partial charge >= 0.3 is 5.97 Å². The van der Waals surface area contributed by atoms with Crippen LogP contribution >= 0.6 is 0 Å². The third-order valence-corrected chi connectivity index (χ3v) is 7.69. The van der Waals surface area contributed by atoms with E-state index in [9.17, 15) is 9.18 Å². The largest absolute Gasteiger partial charge is 0.494 e. The minimum Gasteiger partial charge on any atom is -0.494 e. The molecule has 42 heavy (non-hydrogen) atoms. The number of nitrogens with zero attached hydrogens (tertiary/aromatic N) is 1. The summed E-state index contributed by atoms with van der Waals surface area (Å²) in [7, 11) is 0. The molecule has 3 rings (SSSR count). The molecule has 0 atom stereocenters. The zero-order chi connectivity index (χ0) is 29.8. The highest BCUT2D eigenvalue weighted by atomic mass is 19.1. The molecular weight excluding hydrogens is 525 g/mol. The monoisotopic (exact) mass is 575 g/mol. The molecule has 0 unspecified atom stereocenters. The number of halogens is 1. The van der Waals surface area contributed by atoms with Gasteiger partial charge in [-0.3, -0.25) is 4.98 Å². The number of aryl methyl sites for hydroxylation is 1. The van der Waals surface area contributed by atoms with E-state index in [0.29, 0.717) is 0 Å². The number of carbonyl (C=O) groups is 1. The SMILES string of the molecule is CCCCCCCCCCCc1ccc(C(=O)Oc2ccc(-c3ccc(OCCCCCCCC)cc3)nc2)c(F)c1. The molecule has 0 aliphatic carbocycles. The zero-order valence-corrected chi connectivity index (χ0v) is 25.8. The van der Waals surface area contributed by atoms with Crippen LogP contribution in [0.15, 0.2) is 60.8 Å². The summed E-state index contributed by atoms with van der Waals surface area (Å²) in [6, 6.07) is 16.1. The quantitative estimate of drug-likeness (QED) is 0.0936. The fraction of sp³-hybridized carbons (Fsp3) is 0.514. The maximum absolute atomic E-state index is 14.7. The lowest BCUT2D eigenvalue weighted by Gasteiger charge is -2.09. The second-order valence-corrected chi connectivity index (χ2v) is 11.3. The van der Waals surface area contributed by atoms with Gasteiger partial charge in [-0.05, 0) is 73.4 Å². The van der Waals surface area contributed by atoms with Crippen molar-refractivity contribution >= 4 is 5.97 Å². The molecule has 0 spiro atoms. The van der Waals surface area contributed by atoms with E-state index < -0.39 is 11.8 Å². The van der Waals surface area contributed by atoms with E-state index in [4.69, 9.17) is 9.47 Å². The Hall–Kier alpha value is -3.21. The van der Waals surface area contributed by atoms with Crippen molar-refractivity contribution in [2.24, 2.45) is 0 Å². The summed E-state index contributed by atoms with van der Waals surface area (Å²) < 4.78 is 26.0. The first kappa shape index (κ1) is 33.3. The van der Waals surface area contributed by atoms with Crippen LogP contribution in [-0.4, -0.2) is 17.6 Å². The first-order valence-electron chi connectivity index (χ1n) is 16.3. The van der Waals surface area contributed by atoms with Crippen LogP contribution in [0.3, 0.4) is 0 Å². The van der Waals surface area contributed by atoms with Crippen LogP contribution in [0.1, 0.15) is 126 Å². The van der Waals surface area contributed by atoms with Crippen molar-refractivity contribution in [2.45, 2.75) is 117 Å². The highest BCUT2D eigenvalue weighted by Crippen LogP contribution is 2.24. The molecule has 0 radical (unpaired) electrons. The molecule has 5 heteroatoms. The van der Waals surface area contributed by atoms with Crippen molar-refractivity contribution in [3.8, 4) is 22.8 Å². The van der Waals surface area contributed by atoms with Gasteiger partial charge in [0.2, 0.25) is 0 Å². The molecule has 0 aliphatic heterocycles. The molecule has 0 saturated carbocycles. The average Bonchev–Trinajstić information content (AvgIpc) is 3.00. The molecule has 4 nitrogen and oxygen atoms in total. The molecule has 0 saturated heterocycles. The number of benzene rings is 2. The second kappa shape index (κ2) is 19.8. The number of hydrogen-bond donors (Lipinski definition) is 0. The standard InChI is InChI=1S/C37H50FNO3/c1-3-5-7-9-11-12-13-14-16-18-30-19-25-34(35(38)28-30)37(40)42-33-24-26-36(39-29-33)31-20-22-32(23-21-31)41-27-17-15-10-8-6-4-2/h19-26,28-29H,3-18,27H2,1-2H3. The summed E-state index contributed by atoms with van der Waals surface area (Å²) in [4.78, 5) is 17.1. The number of carbonyl (C=O) groups excluding carboxylic acids is 1. The van der Waals surface area contributed by atoms with Crippen molar-refractivity contribution < 1.29 is 18.7 Å². The number of esters is 1. The molecule has 2 aromatic carbocycles. The highest BCUT2D eigenvalue weighted by molar-refractivity contribution is 5.91. The van der Waals surface area contributed by atoms with Crippen molar-refractivity contribution in [3.05, 3.63) is 77.7 Å². The van der Waals surface area contributed by atoms with Gasteiger partial charge in [0.15, 0.2) is 0 Å². The van der Waals surface area contributed by atoms with Crippen molar-refractivity contribution in [1.29, 1.82) is 0 Å². The lowest BCUT2D eigenvalue weighted by molar-refractivity contribution is 0.0729. The number of unbranched alkanes of at least 4 members (excludes halogenated alkanes) is 13. The summed E-state index contributed by atoms with van der Waals surface area (Å²) >= 11 is 0. The van der Waals surface area contributed by atoms with Crippen LogP contribution in [0.4, 0.5) is 4.39 Å². The predicted octanol–water partition coefficient (Wildman–Crippen LogP) is 10.9. The first-order chi connectivity index (χ1) is 20.6. The van der Waals surface area contributed by atoms with Crippen molar-refractivity contribution in [1.82, 2.24) is 4.98 Å². The summed E-state index contributed by atoms with van der Waals surface area (Å²) in [5.74, 6) is -0.139. The molecule has 0 fully saturated rings. The Morgan fingerprint density at radius 2 is 1.29 bits per heavy atom. The minimum absolute atomic E-state index is 0.0635. The maximum atomic E-state index is 14.7. The summed E-state index contributed by atoms with van der Waals surface area (Å²) in [5, 5.41) is 0. The fourth-order valence-corrected chi connectivity index (χ4v) is 5.09. The molecule has 0 aliphatic rings. The van der Waals surface area contributed by atoms with Crippen LogP contribution in [0.5, 0.6) is 11.5 Å². The van der Waals surface area contributed by atoms with Gasteiger partial charge in [0.05, 0.1) is 24.1 Å². The van der Waals surface area contributed by atoms with Crippen LogP contribution in [0.2, 0.25) is 0 Å². The van der Waals surface area contributed by atoms with E-state index in [2.05, 4.69) is 18.8 Å². The zero-order valence-electron chi connectivity index (χ0n) is 25.8. The van der Waals surface area contributed by atoms with Gasteiger partial charge in [-0.2, -0.15) is 0 Å². The number of pyridine rings is 1. The molecule has 3 aromatic rings. The lowest BCUT2D eigenvalue weighted by Crippen LogP contribution is -2.11. The van der Waals surface area contributed by atoms with Crippen molar-refractivity contribution in [2.75, 3.05) is 6.61 Å². The van der Waals surface area contributed by atoms with Gasteiger partial charge in [0.1, 0.15) is 17.3 Å². The van der Waals surface area contributed by atoms with Crippen LogP contribution < -0.4 is 9.47 Å². The van der Waals surface area contributed by atoms with Gasteiger partial charge in [-0.25, -0.2) is 9.18 Å². The maximum Gasteiger partial charge on any atom is 0.346 e. The number of hydrogen-bond acceptors (Lipinski definition) is 4. The van der Waals surface area contributed by atoms with Crippen LogP contribution in [0.25, 0.3) is 11.3 Å². The van der Waals surface area contributed by atoms with Gasteiger partial charge in [0.25, 0.3) is 0 Å². The molecule has 0 bridgehead atoms. The third-order valence-electron chi connectivity index (χ3n) is 7.69. The summed E-state index contributed by atoms with van der Waals surface area (Å²) in [5.41, 5.74) is 2.54. The minimum atomic E-state index is -0.719. The second-order valence-electron chi connectivity index (χ2n) is 11.3. The van der Waals surface area contributed by atoms with Gasteiger partial charge in [-0.1, -0.05) is 103 Å². The Morgan fingerprint density at radius 3 is 1.88 bits per heavy atom.